The number of rotatable bonds is 5. The van der Waals surface area contributed by atoms with Crippen molar-refractivity contribution in [3.8, 4) is 0 Å². The summed E-state index contributed by atoms with van der Waals surface area (Å²) < 4.78 is 25.1. The van der Waals surface area contributed by atoms with Gasteiger partial charge in [-0.2, -0.15) is 0 Å². The molecule has 5 heteroatoms. The van der Waals surface area contributed by atoms with Crippen LogP contribution >= 0.6 is 0 Å². The van der Waals surface area contributed by atoms with Gasteiger partial charge < -0.3 is 5.32 Å². The Kier molecular flexibility index (Phi) is 5.44. The Bertz CT molecular complexity index is 216. The van der Waals surface area contributed by atoms with Gasteiger partial charge in [-0.1, -0.05) is 19.3 Å². The second-order valence-corrected chi connectivity index (χ2v) is 4.54. The molecule has 0 bridgehead atoms. The maximum Gasteiger partial charge on any atom is 0.257 e. The monoisotopic (exact) mass is 221 g/mol. The highest BCUT2D eigenvalue weighted by Crippen LogP contribution is 2.17. The van der Waals surface area contributed by atoms with Crippen molar-refractivity contribution in [2.45, 2.75) is 51.2 Å². The molecule has 0 aromatic heterocycles. The third-order valence-electron chi connectivity index (χ3n) is 2.57. The number of thiol groups is 1. The molecule has 1 fully saturated rings. The number of nitrogens with one attached hydrogen (secondary N) is 1. The predicted octanol–water partition coefficient (Wildman–Crippen LogP) is 0.840. The zero-order valence-corrected chi connectivity index (χ0v) is 9.46. The molecule has 0 aromatic rings. The summed E-state index contributed by atoms with van der Waals surface area (Å²) >= 11 is 0. The minimum Gasteiger partial charge on any atom is -0.311 e. The van der Waals surface area contributed by atoms with Crippen molar-refractivity contribution in [1.29, 1.82) is 0 Å². The third kappa shape index (κ3) is 4.93. The molecule has 84 valence electrons. The Morgan fingerprint density at radius 3 is 2.57 bits per heavy atom. The Hall–Kier alpha value is -0.130. The first-order chi connectivity index (χ1) is 6.68. The maximum absolute atomic E-state index is 10.2. The molecule has 1 aliphatic carbocycles. The first-order valence-electron chi connectivity index (χ1n) is 5.23. The molecule has 0 saturated heterocycles. The van der Waals surface area contributed by atoms with E-state index in [1.54, 1.807) is 6.92 Å². The first-order valence-corrected chi connectivity index (χ1v) is 6.32. The molecule has 1 saturated carbocycles. The zero-order chi connectivity index (χ0) is 10.4. The van der Waals surface area contributed by atoms with Crippen LogP contribution in [0.1, 0.15) is 39.0 Å². The molecule has 14 heavy (non-hydrogen) atoms. The topological polar surface area (TPSA) is 55.4 Å². The van der Waals surface area contributed by atoms with Crippen LogP contribution in [0.15, 0.2) is 0 Å². The fourth-order valence-corrected chi connectivity index (χ4v) is 2.19. The van der Waals surface area contributed by atoms with E-state index in [1.807, 2.05) is 0 Å². The number of hydrogen-bond donors (Lipinski definition) is 2. The lowest BCUT2D eigenvalue weighted by Crippen LogP contribution is -2.36. The van der Waals surface area contributed by atoms with E-state index in [-0.39, 0.29) is 6.10 Å². The largest absolute Gasteiger partial charge is 0.311 e. The van der Waals surface area contributed by atoms with E-state index in [9.17, 15) is 8.42 Å². The minimum atomic E-state index is -2.71. The van der Waals surface area contributed by atoms with E-state index in [1.165, 1.54) is 32.1 Å². The van der Waals surface area contributed by atoms with Crippen LogP contribution < -0.4 is 5.32 Å². The van der Waals surface area contributed by atoms with Gasteiger partial charge in [-0.3, -0.25) is 4.18 Å². The summed E-state index contributed by atoms with van der Waals surface area (Å²) in [6.07, 6.45) is 6.05. The molecule has 1 aliphatic rings. The van der Waals surface area contributed by atoms with Gasteiger partial charge in [-0.05, 0) is 19.8 Å². The fraction of sp³-hybridized carbons (Fsp3) is 1.00. The summed E-state index contributed by atoms with van der Waals surface area (Å²) in [4.78, 5) is 0. The maximum atomic E-state index is 10.2. The van der Waals surface area contributed by atoms with E-state index >= 15 is 0 Å². The van der Waals surface area contributed by atoms with Crippen LogP contribution in [0.4, 0.5) is 0 Å². The van der Waals surface area contributed by atoms with Crippen molar-refractivity contribution in [2.75, 3.05) is 6.54 Å². The molecule has 0 heterocycles. The Morgan fingerprint density at radius 2 is 2.00 bits per heavy atom. The van der Waals surface area contributed by atoms with Crippen LogP contribution in [0, 0.1) is 0 Å². The zero-order valence-electron chi connectivity index (χ0n) is 8.57. The highest BCUT2D eigenvalue weighted by Gasteiger charge is 2.13. The molecule has 0 radical (unpaired) electrons. The van der Waals surface area contributed by atoms with Crippen LogP contribution in [-0.4, -0.2) is 27.1 Å². The molecular weight excluding hydrogens is 202 g/mol. The molecule has 0 amide bonds. The smallest absolute Gasteiger partial charge is 0.257 e. The van der Waals surface area contributed by atoms with Crippen molar-refractivity contribution < 1.29 is 12.6 Å². The molecule has 1 unspecified atom stereocenters. The van der Waals surface area contributed by atoms with Gasteiger partial charge in [-0.15, -0.1) is 0 Å². The van der Waals surface area contributed by atoms with Crippen LogP contribution in [-0.2, 0) is 15.2 Å². The molecule has 0 spiro atoms. The van der Waals surface area contributed by atoms with Crippen molar-refractivity contribution in [3.05, 3.63) is 0 Å². The van der Waals surface area contributed by atoms with Gasteiger partial charge >= 0.3 is 0 Å². The van der Waals surface area contributed by atoms with E-state index < -0.39 is 11.0 Å². The summed E-state index contributed by atoms with van der Waals surface area (Å²) in [5.74, 6) is 0. The van der Waals surface area contributed by atoms with Gasteiger partial charge in [-0.25, -0.2) is 8.42 Å². The van der Waals surface area contributed by atoms with Gasteiger partial charge in [0.1, 0.15) is 0 Å². The molecule has 1 rings (SSSR count). The van der Waals surface area contributed by atoms with Crippen molar-refractivity contribution in [3.63, 3.8) is 0 Å². The van der Waals surface area contributed by atoms with Gasteiger partial charge in [0, 0.05) is 12.6 Å². The van der Waals surface area contributed by atoms with Gasteiger partial charge in [0.2, 0.25) is 0 Å². The van der Waals surface area contributed by atoms with Crippen molar-refractivity contribution in [2.24, 2.45) is 0 Å². The van der Waals surface area contributed by atoms with E-state index in [4.69, 9.17) is 0 Å². The van der Waals surface area contributed by atoms with Crippen molar-refractivity contribution in [1.82, 2.24) is 5.32 Å². The first kappa shape index (κ1) is 11.9. The lowest BCUT2D eigenvalue weighted by atomic mass is 9.95. The summed E-state index contributed by atoms with van der Waals surface area (Å²) in [6.45, 7) is 2.38. The standard InChI is InChI=1S/C9H19NO3S/c1-8(13-14(11)12)7-10-9-5-3-2-4-6-9/h8-10,14H,2-7H2,1H3. The molecule has 1 N–H and O–H groups in total. The lowest BCUT2D eigenvalue weighted by molar-refractivity contribution is 0.220. The summed E-state index contributed by atoms with van der Waals surface area (Å²) in [7, 11) is -2.71. The number of hydrogen-bond acceptors (Lipinski definition) is 4. The second-order valence-electron chi connectivity index (χ2n) is 3.88. The SMILES string of the molecule is CC(CNC1CCCCC1)O[SH](=O)=O. The van der Waals surface area contributed by atoms with Crippen LogP contribution in [0.5, 0.6) is 0 Å². The molecule has 4 nitrogen and oxygen atoms in total. The normalized spacial score (nSPS) is 21.3. The lowest BCUT2D eigenvalue weighted by Gasteiger charge is -2.23. The minimum absolute atomic E-state index is 0.252. The highest BCUT2D eigenvalue weighted by atomic mass is 32.2. The average Bonchev–Trinajstić information content (AvgIpc) is 2.15. The fourth-order valence-electron chi connectivity index (χ4n) is 1.82. The Labute approximate surface area is 87.2 Å². The van der Waals surface area contributed by atoms with Gasteiger partial charge in [0.15, 0.2) is 0 Å². The van der Waals surface area contributed by atoms with E-state index in [0.29, 0.717) is 12.6 Å². The van der Waals surface area contributed by atoms with Gasteiger partial charge in [0.25, 0.3) is 11.0 Å². The third-order valence-corrected chi connectivity index (χ3v) is 3.10. The van der Waals surface area contributed by atoms with Crippen molar-refractivity contribution >= 4 is 11.0 Å². The van der Waals surface area contributed by atoms with Gasteiger partial charge in [0.05, 0.1) is 6.10 Å². The molecular formula is C9H19NO3S. The van der Waals surface area contributed by atoms with E-state index in [2.05, 4.69) is 9.50 Å². The summed E-state index contributed by atoms with van der Waals surface area (Å²) in [5.41, 5.74) is 0. The Morgan fingerprint density at radius 1 is 1.36 bits per heavy atom. The second kappa shape index (κ2) is 6.37. The van der Waals surface area contributed by atoms with Crippen LogP contribution in [0.3, 0.4) is 0 Å². The molecule has 0 aliphatic heterocycles. The summed E-state index contributed by atoms with van der Waals surface area (Å²) in [5, 5.41) is 3.33. The Balaban J connectivity index is 2.12. The quantitative estimate of drug-likeness (QED) is 0.676. The highest BCUT2D eigenvalue weighted by molar-refractivity contribution is 7.67. The predicted molar refractivity (Wildman–Crippen MR) is 55.7 cm³/mol. The molecule has 1 atom stereocenters. The van der Waals surface area contributed by atoms with Crippen LogP contribution in [0.25, 0.3) is 0 Å². The average molecular weight is 221 g/mol. The summed E-state index contributed by atoms with van der Waals surface area (Å²) in [6, 6.07) is 0.555. The van der Waals surface area contributed by atoms with Crippen LogP contribution in [0.2, 0.25) is 0 Å². The molecule has 0 aromatic carbocycles. The van der Waals surface area contributed by atoms with E-state index in [0.717, 1.165) is 0 Å².